The van der Waals surface area contributed by atoms with Crippen molar-refractivity contribution in [2.24, 2.45) is 0 Å². The van der Waals surface area contributed by atoms with E-state index in [2.05, 4.69) is 33.7 Å². The molecule has 0 saturated carbocycles. The minimum atomic E-state index is 0.183. The summed E-state index contributed by atoms with van der Waals surface area (Å²) in [5.74, 6) is 1.75. The number of methoxy groups -OCH3 is 1. The standard InChI is InChI=1S/C17H20N4O2/c1-10-7-21(8-11(2)23-10)17-16-15(18-9-19-17)14-12(20-16)5-4-6-13(14)22-3/h4-6,9-11,20H,7-8H2,1-3H3/t10-,11-/m1/s1. The molecular formula is C17H20N4O2. The lowest BCUT2D eigenvalue weighted by Gasteiger charge is -2.36. The number of morpholine rings is 1. The average molecular weight is 312 g/mol. The lowest BCUT2D eigenvalue weighted by molar-refractivity contribution is -0.00538. The quantitative estimate of drug-likeness (QED) is 0.788. The Bertz CT molecular complexity index is 850. The molecule has 4 rings (SSSR count). The van der Waals surface area contributed by atoms with Crippen molar-refractivity contribution >= 4 is 27.8 Å². The van der Waals surface area contributed by atoms with Gasteiger partial charge < -0.3 is 19.4 Å². The van der Waals surface area contributed by atoms with Gasteiger partial charge in [-0.15, -0.1) is 0 Å². The summed E-state index contributed by atoms with van der Waals surface area (Å²) in [5, 5.41) is 1.00. The van der Waals surface area contributed by atoms with E-state index in [0.29, 0.717) is 0 Å². The SMILES string of the molecule is COc1cccc2[nH]c3c(N4C[C@@H](C)O[C@H](C)C4)ncnc3c12. The van der Waals surface area contributed by atoms with E-state index in [4.69, 9.17) is 9.47 Å². The van der Waals surface area contributed by atoms with E-state index < -0.39 is 0 Å². The van der Waals surface area contributed by atoms with Crippen molar-refractivity contribution in [3.8, 4) is 5.75 Å². The van der Waals surface area contributed by atoms with Crippen LogP contribution < -0.4 is 9.64 Å². The highest BCUT2D eigenvalue weighted by molar-refractivity contribution is 6.11. The first-order chi connectivity index (χ1) is 11.2. The minimum Gasteiger partial charge on any atom is -0.496 e. The van der Waals surface area contributed by atoms with Gasteiger partial charge in [-0.25, -0.2) is 9.97 Å². The van der Waals surface area contributed by atoms with Crippen molar-refractivity contribution in [2.45, 2.75) is 26.1 Å². The number of nitrogens with one attached hydrogen (secondary N) is 1. The molecule has 0 bridgehead atoms. The number of hydrogen-bond acceptors (Lipinski definition) is 5. The van der Waals surface area contributed by atoms with Crippen molar-refractivity contribution in [1.82, 2.24) is 15.0 Å². The second-order valence-electron chi connectivity index (χ2n) is 6.09. The number of fused-ring (bicyclic) bond motifs is 3. The molecule has 2 aromatic heterocycles. The number of rotatable bonds is 2. The number of benzene rings is 1. The number of aromatic amines is 1. The summed E-state index contributed by atoms with van der Waals surface area (Å²) in [4.78, 5) is 14.8. The van der Waals surface area contributed by atoms with Crippen LogP contribution in [-0.4, -0.2) is 47.4 Å². The fraction of sp³-hybridized carbons (Fsp3) is 0.412. The Labute approximate surface area is 134 Å². The number of aromatic nitrogens is 3. The number of H-pyrrole nitrogens is 1. The largest absolute Gasteiger partial charge is 0.496 e. The normalized spacial score (nSPS) is 22.0. The third-order valence-electron chi connectivity index (χ3n) is 4.29. The predicted molar refractivity (Wildman–Crippen MR) is 90.2 cm³/mol. The van der Waals surface area contributed by atoms with Crippen molar-refractivity contribution < 1.29 is 9.47 Å². The molecule has 23 heavy (non-hydrogen) atoms. The van der Waals surface area contributed by atoms with Crippen molar-refractivity contribution in [3.05, 3.63) is 24.5 Å². The summed E-state index contributed by atoms with van der Waals surface area (Å²) in [6.45, 7) is 5.83. The molecule has 2 atom stereocenters. The van der Waals surface area contributed by atoms with E-state index in [1.54, 1.807) is 13.4 Å². The Balaban J connectivity index is 1.91. The van der Waals surface area contributed by atoms with Gasteiger partial charge in [-0.3, -0.25) is 0 Å². The summed E-state index contributed by atoms with van der Waals surface area (Å²) in [5.41, 5.74) is 2.86. The first-order valence-corrected chi connectivity index (χ1v) is 7.87. The molecular weight excluding hydrogens is 292 g/mol. The van der Waals surface area contributed by atoms with E-state index >= 15 is 0 Å². The van der Waals surface area contributed by atoms with Gasteiger partial charge in [0.15, 0.2) is 5.82 Å². The van der Waals surface area contributed by atoms with Crippen LogP contribution in [-0.2, 0) is 4.74 Å². The van der Waals surface area contributed by atoms with Crippen LogP contribution in [0.15, 0.2) is 24.5 Å². The van der Waals surface area contributed by atoms with Gasteiger partial charge in [0.25, 0.3) is 0 Å². The third-order valence-corrected chi connectivity index (χ3v) is 4.29. The number of anilines is 1. The summed E-state index contributed by atoms with van der Waals surface area (Å²) in [7, 11) is 1.68. The van der Waals surface area contributed by atoms with Crippen molar-refractivity contribution in [2.75, 3.05) is 25.1 Å². The zero-order chi connectivity index (χ0) is 16.0. The Morgan fingerprint density at radius 1 is 1.22 bits per heavy atom. The van der Waals surface area contributed by atoms with Gasteiger partial charge in [-0.2, -0.15) is 0 Å². The van der Waals surface area contributed by atoms with Crippen LogP contribution in [0.1, 0.15) is 13.8 Å². The summed E-state index contributed by atoms with van der Waals surface area (Å²) < 4.78 is 11.3. The second-order valence-corrected chi connectivity index (χ2v) is 6.09. The molecule has 0 aliphatic carbocycles. The first kappa shape index (κ1) is 14.3. The van der Waals surface area contributed by atoms with Gasteiger partial charge in [-0.1, -0.05) is 6.07 Å². The molecule has 0 radical (unpaired) electrons. The maximum absolute atomic E-state index is 5.83. The smallest absolute Gasteiger partial charge is 0.156 e. The van der Waals surface area contributed by atoms with Crippen LogP contribution in [0.3, 0.4) is 0 Å². The molecule has 1 aromatic carbocycles. The topological polar surface area (TPSA) is 63.3 Å². The number of nitrogens with zero attached hydrogens (tertiary/aromatic N) is 3. The average Bonchev–Trinajstić information content (AvgIpc) is 2.92. The van der Waals surface area contributed by atoms with E-state index in [9.17, 15) is 0 Å². The Morgan fingerprint density at radius 2 is 2.00 bits per heavy atom. The van der Waals surface area contributed by atoms with Gasteiger partial charge in [0.2, 0.25) is 0 Å². The Morgan fingerprint density at radius 3 is 2.74 bits per heavy atom. The van der Waals surface area contributed by atoms with Crippen LogP contribution in [0.4, 0.5) is 5.82 Å². The van der Waals surface area contributed by atoms with Crippen LogP contribution >= 0.6 is 0 Å². The molecule has 1 N–H and O–H groups in total. The molecule has 0 unspecified atom stereocenters. The monoisotopic (exact) mass is 312 g/mol. The van der Waals surface area contributed by atoms with Gasteiger partial charge in [0.1, 0.15) is 23.1 Å². The highest BCUT2D eigenvalue weighted by Crippen LogP contribution is 2.35. The fourth-order valence-corrected chi connectivity index (χ4v) is 3.46. The van der Waals surface area contributed by atoms with E-state index in [1.165, 1.54) is 0 Å². The number of ether oxygens (including phenoxy) is 2. The van der Waals surface area contributed by atoms with E-state index in [0.717, 1.165) is 46.6 Å². The molecule has 1 aliphatic rings. The highest BCUT2D eigenvalue weighted by Gasteiger charge is 2.26. The first-order valence-electron chi connectivity index (χ1n) is 7.87. The lowest BCUT2D eigenvalue weighted by atomic mass is 10.2. The van der Waals surface area contributed by atoms with Crippen LogP contribution in [0.2, 0.25) is 0 Å². The molecule has 6 nitrogen and oxygen atoms in total. The van der Waals surface area contributed by atoms with Crippen molar-refractivity contribution in [3.63, 3.8) is 0 Å². The highest BCUT2D eigenvalue weighted by atomic mass is 16.5. The van der Waals surface area contributed by atoms with Gasteiger partial charge in [0.05, 0.1) is 30.2 Å². The van der Waals surface area contributed by atoms with Gasteiger partial charge in [-0.05, 0) is 26.0 Å². The molecule has 3 aromatic rings. The van der Waals surface area contributed by atoms with Gasteiger partial charge >= 0.3 is 0 Å². The summed E-state index contributed by atoms with van der Waals surface area (Å²) in [6, 6.07) is 5.96. The maximum Gasteiger partial charge on any atom is 0.156 e. The minimum absolute atomic E-state index is 0.183. The molecule has 1 aliphatic heterocycles. The van der Waals surface area contributed by atoms with E-state index in [-0.39, 0.29) is 12.2 Å². The molecule has 0 spiro atoms. The zero-order valence-electron chi connectivity index (χ0n) is 13.5. The summed E-state index contributed by atoms with van der Waals surface area (Å²) in [6.07, 6.45) is 1.99. The van der Waals surface area contributed by atoms with E-state index in [1.807, 2.05) is 18.2 Å². The molecule has 6 heteroatoms. The molecule has 3 heterocycles. The third kappa shape index (κ3) is 2.30. The summed E-state index contributed by atoms with van der Waals surface area (Å²) >= 11 is 0. The fourth-order valence-electron chi connectivity index (χ4n) is 3.46. The van der Waals surface area contributed by atoms with Crippen LogP contribution in [0.5, 0.6) is 5.75 Å². The van der Waals surface area contributed by atoms with Crippen molar-refractivity contribution in [1.29, 1.82) is 0 Å². The molecule has 120 valence electrons. The predicted octanol–water partition coefficient (Wildman–Crippen LogP) is 2.73. The molecule has 0 amide bonds. The molecule has 1 saturated heterocycles. The van der Waals surface area contributed by atoms with Crippen LogP contribution in [0.25, 0.3) is 21.9 Å². The Kier molecular flexibility index (Phi) is 3.34. The Hall–Kier alpha value is -2.34. The second kappa shape index (κ2) is 5.38. The number of hydrogen-bond donors (Lipinski definition) is 1. The van der Waals surface area contributed by atoms with Crippen LogP contribution in [0, 0.1) is 0 Å². The zero-order valence-corrected chi connectivity index (χ0v) is 13.5. The lowest BCUT2D eigenvalue weighted by Crippen LogP contribution is -2.46. The van der Waals surface area contributed by atoms with Gasteiger partial charge in [0, 0.05) is 13.1 Å². The maximum atomic E-state index is 5.83. The molecule has 1 fully saturated rings.